The highest BCUT2D eigenvalue weighted by atomic mass is 15.1. The summed E-state index contributed by atoms with van der Waals surface area (Å²) < 4.78 is 7.09. The van der Waals surface area contributed by atoms with E-state index >= 15 is 0 Å². The van der Waals surface area contributed by atoms with Gasteiger partial charge in [0.2, 0.25) is 0 Å². The van der Waals surface area contributed by atoms with Crippen LogP contribution in [0.15, 0.2) is 443 Å². The minimum atomic E-state index is -0.411. The lowest BCUT2D eigenvalue weighted by Gasteiger charge is -2.34. The van der Waals surface area contributed by atoms with Crippen LogP contribution in [0.4, 0.5) is 34.1 Å². The van der Waals surface area contributed by atoms with Crippen LogP contribution in [0.2, 0.25) is 0 Å². The van der Waals surface area contributed by atoms with Gasteiger partial charge in [-0.3, -0.25) is 0 Å². The first-order valence-corrected chi connectivity index (χ1v) is 41.1. The highest BCUT2D eigenvalue weighted by Gasteiger charge is 2.52. The fraction of sp³-hybridized carbons (Fsp3) is 0.0442. The fourth-order valence-electron chi connectivity index (χ4n) is 20.1. The largest absolute Gasteiger partial charge is 0.345 e. The number of para-hydroxylation sites is 7. The van der Waals surface area contributed by atoms with E-state index in [1.807, 2.05) is 6.07 Å². The molecule has 3 aromatic heterocycles. The van der Waals surface area contributed by atoms with E-state index in [0.29, 0.717) is 0 Å². The van der Waals surface area contributed by atoms with Crippen molar-refractivity contribution in [3.05, 3.63) is 487 Å². The number of anilines is 6. The summed E-state index contributed by atoms with van der Waals surface area (Å²) in [6.07, 6.45) is 0. The van der Waals surface area contributed by atoms with Crippen molar-refractivity contribution < 1.29 is 0 Å². The van der Waals surface area contributed by atoms with Gasteiger partial charge in [-0.2, -0.15) is 0 Å². The molecule has 0 N–H and O–H groups in total. The molecule has 24 rings (SSSR count). The maximum Gasteiger partial charge on any atom is 0.0726 e. The van der Waals surface area contributed by atoms with Gasteiger partial charge in [-0.25, -0.2) is 0 Å². The highest BCUT2D eigenvalue weighted by molar-refractivity contribution is 6.12. The molecule has 0 fully saturated rings. The third kappa shape index (κ3) is 11.1. The lowest BCUT2D eigenvalue weighted by Crippen LogP contribution is -2.28. The Bertz CT molecular complexity index is 6930. The first-order chi connectivity index (χ1) is 58.8. The monoisotopic (exact) mass is 1520 g/mol. The van der Waals surface area contributed by atoms with E-state index in [9.17, 15) is 0 Å². The van der Waals surface area contributed by atoms with Crippen molar-refractivity contribution in [1.82, 2.24) is 13.7 Å². The van der Waals surface area contributed by atoms with Gasteiger partial charge in [0.25, 0.3) is 0 Å². The van der Waals surface area contributed by atoms with Crippen molar-refractivity contribution in [1.29, 1.82) is 0 Å². The minimum absolute atomic E-state index is 0.337. The van der Waals surface area contributed by atoms with Crippen LogP contribution in [0.1, 0.15) is 44.5 Å². The zero-order valence-electron chi connectivity index (χ0n) is 66.3. The Hall–Kier alpha value is -15.2. The summed E-state index contributed by atoms with van der Waals surface area (Å²) >= 11 is 0. The molecular weight excluding hydrogens is 1440 g/mol. The molecule has 0 aliphatic heterocycles. The van der Waals surface area contributed by atoms with Crippen molar-refractivity contribution in [3.63, 3.8) is 0 Å². The van der Waals surface area contributed by atoms with E-state index in [4.69, 9.17) is 0 Å². The number of hydrogen-bond acceptors (Lipinski definition) is 3. The van der Waals surface area contributed by atoms with Crippen molar-refractivity contribution in [3.8, 4) is 50.4 Å². The molecule has 0 saturated carbocycles. The predicted octanol–water partition coefficient (Wildman–Crippen LogP) is 28.4. The van der Waals surface area contributed by atoms with Crippen molar-refractivity contribution in [2.75, 3.05) is 35.8 Å². The molecule has 1 spiro atoms. The van der Waals surface area contributed by atoms with Gasteiger partial charge in [-0.15, -0.1) is 0 Å². The van der Waals surface area contributed by atoms with Gasteiger partial charge in [0.15, 0.2) is 0 Å². The maximum absolute atomic E-state index is 2.44. The topological polar surface area (TPSA) is 24.5 Å². The fourth-order valence-corrected chi connectivity index (χ4v) is 20.1. The number of fused-ring (bicyclic) bond motifs is 22. The number of nitrogens with zero attached hydrogens (tertiary/aromatic N) is 6. The third-order valence-electron chi connectivity index (χ3n) is 25.6. The summed E-state index contributed by atoms with van der Waals surface area (Å²) in [7, 11) is 6.46. The summed E-state index contributed by atoms with van der Waals surface area (Å²) in [5.41, 5.74) is 35.7. The standard InChI is InChI=1S/C44H30N2.C44H32N2.C25H20N2/c1-45(29-22-24-30(25-23-29)46-42-20-10-5-15-36(42)37-16-6-11-21-43(37)46)31-26-27-35-34-14-4-9-19-40(34)44(41(35)28-31)38-17-7-2-12-32(38)33-13-3-8-18-39(33)44;1-45(33-24-26-34(27-25-33)46-42-22-12-9-19-38(42)39-20-10-13-23-43(39)46)35-28-29-37-36-18-8-11-21-40(36)44(41(37)30-35,31-14-4-2-5-15-31)32-16-6-3-7-17-32;1-26(19-9-3-2-4-10-19)20-15-17-21(18-16-20)27-24-13-7-5-11-22(24)23-12-6-8-14-25(23)27/h2-28H,1H3;2-30H,1H3;2-18H,1H3. The third-order valence-corrected chi connectivity index (χ3v) is 25.6. The molecule has 3 heterocycles. The van der Waals surface area contributed by atoms with Crippen LogP contribution in [0.25, 0.3) is 116 Å². The van der Waals surface area contributed by atoms with E-state index in [1.54, 1.807) is 0 Å². The van der Waals surface area contributed by atoms with Gasteiger partial charge >= 0.3 is 0 Å². The first kappa shape index (κ1) is 70.4. The zero-order valence-corrected chi connectivity index (χ0v) is 66.3. The van der Waals surface area contributed by atoms with Gasteiger partial charge in [0.05, 0.1) is 43.9 Å². The van der Waals surface area contributed by atoms with E-state index in [0.717, 1.165) is 28.4 Å². The Balaban J connectivity index is 0.000000111. The van der Waals surface area contributed by atoms with Gasteiger partial charge in [-0.1, -0.05) is 297 Å². The molecule has 21 aromatic rings. The Morgan fingerprint density at radius 3 is 0.681 bits per heavy atom. The molecule has 0 unspecified atom stereocenters. The van der Waals surface area contributed by atoms with Crippen molar-refractivity contribution >= 4 is 99.5 Å². The Kier molecular flexibility index (Phi) is 16.9. The molecule has 0 atom stereocenters. The van der Waals surface area contributed by atoms with Crippen LogP contribution in [-0.2, 0) is 10.8 Å². The number of rotatable bonds is 11. The van der Waals surface area contributed by atoms with Crippen molar-refractivity contribution in [2.45, 2.75) is 10.8 Å². The molecule has 6 nitrogen and oxygen atoms in total. The van der Waals surface area contributed by atoms with Crippen LogP contribution >= 0.6 is 0 Å². The molecule has 6 heteroatoms. The number of benzene rings is 18. The van der Waals surface area contributed by atoms with Crippen LogP contribution < -0.4 is 14.7 Å². The zero-order chi connectivity index (χ0) is 79.3. The molecule has 0 radical (unpaired) electrons. The second-order valence-electron chi connectivity index (χ2n) is 31.5. The van der Waals surface area contributed by atoms with Gasteiger partial charge in [-0.05, 0) is 223 Å². The molecule has 0 bridgehead atoms. The summed E-state index contributed by atoms with van der Waals surface area (Å²) in [5, 5.41) is 7.69. The lowest BCUT2D eigenvalue weighted by molar-refractivity contribution is 0.768. The average molecular weight is 1520 g/mol. The predicted molar refractivity (Wildman–Crippen MR) is 499 cm³/mol. The Morgan fingerprint density at radius 1 is 0.168 bits per heavy atom. The Morgan fingerprint density at radius 2 is 0.378 bits per heavy atom. The summed E-state index contributed by atoms with van der Waals surface area (Å²) in [4.78, 5) is 6.83. The van der Waals surface area contributed by atoms with E-state index in [-0.39, 0.29) is 5.41 Å². The van der Waals surface area contributed by atoms with Crippen molar-refractivity contribution in [2.24, 2.45) is 0 Å². The molecule has 0 saturated heterocycles. The minimum Gasteiger partial charge on any atom is -0.345 e. The molecule has 119 heavy (non-hydrogen) atoms. The molecule has 3 aliphatic carbocycles. The van der Waals surface area contributed by atoms with E-state index in [1.165, 1.54) is 166 Å². The Labute approximate surface area is 693 Å². The highest BCUT2D eigenvalue weighted by Crippen LogP contribution is 2.64. The van der Waals surface area contributed by atoms with Crippen LogP contribution in [0.3, 0.4) is 0 Å². The average Bonchev–Trinajstić information content (AvgIpc) is 1.51. The molecular formula is C113H82N6. The molecule has 0 amide bonds. The second-order valence-corrected chi connectivity index (χ2v) is 31.5. The normalized spacial score (nSPS) is 12.8. The van der Waals surface area contributed by atoms with E-state index in [2.05, 4.69) is 486 Å². The summed E-state index contributed by atoms with van der Waals surface area (Å²) in [6.45, 7) is 0. The number of hydrogen-bond donors (Lipinski definition) is 0. The lowest BCUT2D eigenvalue weighted by atomic mass is 9.67. The van der Waals surface area contributed by atoms with E-state index < -0.39 is 5.41 Å². The second kappa shape index (κ2) is 28.6. The smallest absolute Gasteiger partial charge is 0.0726 e. The molecule has 18 aromatic carbocycles. The van der Waals surface area contributed by atoms with Crippen LogP contribution in [0.5, 0.6) is 0 Å². The van der Waals surface area contributed by atoms with Gasteiger partial charge in [0.1, 0.15) is 0 Å². The first-order valence-electron chi connectivity index (χ1n) is 41.1. The van der Waals surface area contributed by atoms with Gasteiger partial charge < -0.3 is 28.4 Å². The summed E-state index contributed by atoms with van der Waals surface area (Å²) in [5.74, 6) is 0. The number of aromatic nitrogens is 3. The van der Waals surface area contributed by atoms with Crippen LogP contribution in [0, 0.1) is 0 Å². The SMILES string of the molecule is CN(c1ccc(-n2c3ccccc3c3ccccc32)cc1)c1ccc2c(c1)C(c1ccccc1)(c1ccccc1)c1ccccc1-2.CN(c1ccc(-n2c3ccccc3c3ccccc32)cc1)c1ccc2c(c1)C1(c3ccccc3-c3ccccc31)c1ccccc1-2.CN(c1ccccc1)c1ccc(-n2c3ccccc3c3ccccc32)cc1. The van der Waals surface area contributed by atoms with Crippen LogP contribution in [-0.4, -0.2) is 34.8 Å². The van der Waals surface area contributed by atoms with Gasteiger partial charge in [0, 0.05) is 105 Å². The quantitative estimate of drug-likeness (QED) is 0.129. The maximum atomic E-state index is 2.44. The molecule has 564 valence electrons. The molecule has 3 aliphatic rings. The summed E-state index contributed by atoms with van der Waals surface area (Å²) in [6, 6.07) is 161.